The quantitative estimate of drug-likeness (QED) is 0.330. The van der Waals surface area contributed by atoms with Crippen molar-refractivity contribution >= 4 is 17.7 Å². The van der Waals surface area contributed by atoms with E-state index in [1.54, 1.807) is 24.3 Å². The molecule has 1 aromatic carbocycles. The Morgan fingerprint density at radius 2 is 1.69 bits per heavy atom. The lowest BCUT2D eigenvalue weighted by molar-refractivity contribution is -0.148. The Morgan fingerprint density at radius 1 is 0.962 bits per heavy atom. The normalized spacial score (nSPS) is 10.2. The van der Waals surface area contributed by atoms with Crippen molar-refractivity contribution in [3.8, 4) is 5.75 Å². The van der Waals surface area contributed by atoms with E-state index in [9.17, 15) is 14.4 Å². The molecule has 0 fully saturated rings. The smallest absolute Gasteiger partial charge is 0.306 e. The third-order valence-corrected chi connectivity index (χ3v) is 3.67. The summed E-state index contributed by atoms with van der Waals surface area (Å²) < 4.78 is 10.3. The van der Waals surface area contributed by atoms with E-state index in [1.807, 2.05) is 6.92 Å². The van der Waals surface area contributed by atoms with Crippen LogP contribution in [-0.4, -0.2) is 37.4 Å². The number of rotatable bonds is 13. The van der Waals surface area contributed by atoms with E-state index < -0.39 is 5.97 Å². The first-order valence-corrected chi connectivity index (χ1v) is 9.25. The molecular formula is C20H29NO5. The molecule has 0 saturated carbocycles. The molecule has 6 heteroatoms. The minimum Gasteiger partial charge on any atom is -0.494 e. The molecule has 0 bridgehead atoms. The summed E-state index contributed by atoms with van der Waals surface area (Å²) in [6, 6.07) is 6.85. The molecule has 26 heavy (non-hydrogen) atoms. The Labute approximate surface area is 155 Å². The maximum Gasteiger partial charge on any atom is 0.306 e. The van der Waals surface area contributed by atoms with Crippen molar-refractivity contribution in [3.63, 3.8) is 0 Å². The number of hydrogen-bond acceptors (Lipinski definition) is 5. The van der Waals surface area contributed by atoms with Crippen LogP contribution in [-0.2, 0) is 14.3 Å². The highest BCUT2D eigenvalue weighted by Gasteiger charge is 2.12. The van der Waals surface area contributed by atoms with Crippen LogP contribution in [0.25, 0.3) is 0 Å². The second-order valence-electron chi connectivity index (χ2n) is 6.01. The first-order valence-electron chi connectivity index (χ1n) is 9.25. The fraction of sp³-hybridized carbons (Fsp3) is 0.550. The summed E-state index contributed by atoms with van der Waals surface area (Å²) in [7, 11) is 0. The summed E-state index contributed by atoms with van der Waals surface area (Å²) in [6.07, 6.45) is 3.95. The second kappa shape index (κ2) is 12.9. The molecular weight excluding hydrogens is 334 g/mol. The van der Waals surface area contributed by atoms with Gasteiger partial charge in [-0.15, -0.1) is 0 Å². The Morgan fingerprint density at radius 3 is 2.35 bits per heavy atom. The van der Waals surface area contributed by atoms with E-state index in [0.717, 1.165) is 25.7 Å². The molecule has 0 radical (unpaired) electrons. The fourth-order valence-electron chi connectivity index (χ4n) is 2.19. The van der Waals surface area contributed by atoms with Gasteiger partial charge in [0.15, 0.2) is 12.4 Å². The molecule has 0 spiro atoms. The fourth-order valence-corrected chi connectivity index (χ4v) is 2.19. The van der Waals surface area contributed by atoms with E-state index in [1.165, 1.54) is 0 Å². The average molecular weight is 363 g/mol. The first-order chi connectivity index (χ1) is 12.6. The molecule has 0 heterocycles. The molecule has 1 amide bonds. The Kier molecular flexibility index (Phi) is 10.8. The van der Waals surface area contributed by atoms with Gasteiger partial charge in [-0.1, -0.05) is 26.7 Å². The summed E-state index contributed by atoms with van der Waals surface area (Å²) >= 11 is 0. The SMILES string of the molecule is CCCCCNC(=O)COC(=O)CCC(=O)c1ccc(OCCC)cc1. The van der Waals surface area contributed by atoms with Gasteiger partial charge in [0.2, 0.25) is 0 Å². The van der Waals surface area contributed by atoms with Crippen molar-refractivity contribution in [2.45, 2.75) is 52.4 Å². The van der Waals surface area contributed by atoms with Gasteiger partial charge in [-0.25, -0.2) is 0 Å². The standard InChI is InChI=1S/C20H29NO5/c1-3-5-6-13-21-19(23)15-26-20(24)12-11-18(22)16-7-9-17(10-8-16)25-14-4-2/h7-10H,3-6,11-15H2,1-2H3,(H,21,23). The summed E-state index contributed by atoms with van der Waals surface area (Å²) in [4.78, 5) is 35.3. The molecule has 0 atom stereocenters. The second-order valence-corrected chi connectivity index (χ2v) is 6.01. The molecule has 0 aliphatic carbocycles. The number of amides is 1. The van der Waals surface area contributed by atoms with Gasteiger partial charge in [0.05, 0.1) is 13.0 Å². The van der Waals surface area contributed by atoms with Gasteiger partial charge in [-0.2, -0.15) is 0 Å². The number of esters is 1. The lowest BCUT2D eigenvalue weighted by atomic mass is 10.1. The van der Waals surface area contributed by atoms with Crippen LogP contribution in [0, 0.1) is 0 Å². The van der Waals surface area contributed by atoms with Crippen LogP contribution in [0.15, 0.2) is 24.3 Å². The summed E-state index contributed by atoms with van der Waals surface area (Å²) in [6.45, 7) is 5.02. The third kappa shape index (κ3) is 9.20. The molecule has 0 saturated heterocycles. The number of hydrogen-bond donors (Lipinski definition) is 1. The molecule has 1 N–H and O–H groups in total. The van der Waals surface area contributed by atoms with Gasteiger partial charge >= 0.3 is 5.97 Å². The maximum absolute atomic E-state index is 12.1. The van der Waals surface area contributed by atoms with E-state index >= 15 is 0 Å². The van der Waals surface area contributed by atoms with E-state index in [-0.39, 0.29) is 31.1 Å². The lowest BCUT2D eigenvalue weighted by Gasteiger charge is -2.07. The summed E-state index contributed by atoms with van der Waals surface area (Å²) in [5, 5.41) is 2.69. The molecule has 0 aliphatic heterocycles. The summed E-state index contributed by atoms with van der Waals surface area (Å²) in [5.41, 5.74) is 0.523. The van der Waals surface area contributed by atoms with Crippen LogP contribution in [0.4, 0.5) is 0 Å². The zero-order valence-electron chi connectivity index (χ0n) is 15.7. The van der Waals surface area contributed by atoms with Crippen LogP contribution in [0.5, 0.6) is 5.75 Å². The monoisotopic (exact) mass is 363 g/mol. The van der Waals surface area contributed by atoms with Crippen molar-refractivity contribution in [3.05, 3.63) is 29.8 Å². The van der Waals surface area contributed by atoms with Crippen molar-refractivity contribution in [2.24, 2.45) is 0 Å². The molecule has 1 aromatic rings. The maximum atomic E-state index is 12.1. The van der Waals surface area contributed by atoms with E-state index in [4.69, 9.17) is 9.47 Å². The predicted molar refractivity (Wildman–Crippen MR) is 99.3 cm³/mol. The van der Waals surface area contributed by atoms with Crippen LogP contribution in [0.2, 0.25) is 0 Å². The Balaban J connectivity index is 2.24. The van der Waals surface area contributed by atoms with Gasteiger partial charge in [0.25, 0.3) is 5.91 Å². The average Bonchev–Trinajstić information content (AvgIpc) is 2.66. The number of carbonyl (C=O) groups excluding carboxylic acids is 3. The number of benzene rings is 1. The zero-order chi connectivity index (χ0) is 19.2. The highest BCUT2D eigenvalue weighted by molar-refractivity contribution is 5.97. The van der Waals surface area contributed by atoms with Gasteiger partial charge in [0, 0.05) is 18.5 Å². The molecule has 1 rings (SSSR count). The highest BCUT2D eigenvalue weighted by Crippen LogP contribution is 2.14. The van der Waals surface area contributed by atoms with Crippen LogP contribution >= 0.6 is 0 Å². The number of Topliss-reactive ketones (excluding diaryl/α,β-unsaturated/α-hetero) is 1. The van der Waals surface area contributed by atoms with Crippen LogP contribution in [0.3, 0.4) is 0 Å². The Hall–Kier alpha value is -2.37. The molecule has 144 valence electrons. The molecule has 6 nitrogen and oxygen atoms in total. The number of carbonyl (C=O) groups is 3. The number of unbranched alkanes of at least 4 members (excludes halogenated alkanes) is 2. The predicted octanol–water partition coefficient (Wildman–Crippen LogP) is 3.29. The molecule has 0 aromatic heterocycles. The van der Waals surface area contributed by atoms with Gasteiger partial charge in [0.1, 0.15) is 5.75 Å². The van der Waals surface area contributed by atoms with Crippen molar-refractivity contribution in [1.29, 1.82) is 0 Å². The van der Waals surface area contributed by atoms with Gasteiger partial charge < -0.3 is 14.8 Å². The topological polar surface area (TPSA) is 81.7 Å². The van der Waals surface area contributed by atoms with Crippen LogP contribution < -0.4 is 10.1 Å². The molecule has 0 unspecified atom stereocenters. The minimum absolute atomic E-state index is 0.0456. The Bertz CT molecular complexity index is 568. The number of nitrogens with one attached hydrogen (secondary N) is 1. The van der Waals surface area contributed by atoms with Crippen LogP contribution in [0.1, 0.15) is 62.7 Å². The van der Waals surface area contributed by atoms with E-state index in [2.05, 4.69) is 12.2 Å². The third-order valence-electron chi connectivity index (χ3n) is 3.67. The highest BCUT2D eigenvalue weighted by atomic mass is 16.5. The van der Waals surface area contributed by atoms with Crippen molar-refractivity contribution in [2.75, 3.05) is 19.8 Å². The summed E-state index contributed by atoms with van der Waals surface area (Å²) in [5.74, 6) is -0.297. The zero-order valence-corrected chi connectivity index (χ0v) is 15.7. The van der Waals surface area contributed by atoms with Gasteiger partial charge in [-0.05, 0) is 37.1 Å². The lowest BCUT2D eigenvalue weighted by Crippen LogP contribution is -2.29. The van der Waals surface area contributed by atoms with E-state index in [0.29, 0.717) is 24.5 Å². The molecule has 0 aliphatic rings. The minimum atomic E-state index is -0.551. The number of ketones is 1. The van der Waals surface area contributed by atoms with Crippen molar-refractivity contribution in [1.82, 2.24) is 5.32 Å². The first kappa shape index (κ1) is 21.7. The van der Waals surface area contributed by atoms with Gasteiger partial charge in [-0.3, -0.25) is 14.4 Å². The number of ether oxygens (including phenoxy) is 2. The largest absolute Gasteiger partial charge is 0.494 e. The van der Waals surface area contributed by atoms with Crippen molar-refractivity contribution < 1.29 is 23.9 Å².